The van der Waals surface area contributed by atoms with Crippen molar-refractivity contribution in [1.29, 1.82) is 0 Å². The third-order valence-electron chi connectivity index (χ3n) is 4.07. The van der Waals surface area contributed by atoms with Gasteiger partial charge in [-0.25, -0.2) is 0 Å². The van der Waals surface area contributed by atoms with Crippen LogP contribution in [0.15, 0.2) is 12.1 Å². The predicted octanol–water partition coefficient (Wildman–Crippen LogP) is 3.29. The molecule has 5 nitrogen and oxygen atoms in total. The number of aliphatic carboxylic acids is 1. The van der Waals surface area contributed by atoms with Gasteiger partial charge in [-0.2, -0.15) is 0 Å². The van der Waals surface area contributed by atoms with Crippen molar-refractivity contribution in [3.05, 3.63) is 22.7 Å². The molecule has 1 fully saturated rings. The van der Waals surface area contributed by atoms with Crippen molar-refractivity contribution < 1.29 is 19.4 Å². The molecule has 1 aliphatic heterocycles. The standard InChI is InChI=1S/C17H24ClNO4/c1-4-23-16-14(18)6-12(7-15(16)22-3)9-19-8-11(2)5-13(10-19)17(20)21/h6-7,11,13H,4-5,8-10H2,1-3H3,(H,20,21). The molecule has 0 saturated carbocycles. The number of benzene rings is 1. The van der Waals surface area contributed by atoms with Crippen LogP contribution in [0.2, 0.25) is 5.02 Å². The van der Waals surface area contributed by atoms with E-state index in [0.29, 0.717) is 42.1 Å². The van der Waals surface area contributed by atoms with E-state index in [4.69, 9.17) is 21.1 Å². The van der Waals surface area contributed by atoms with Crippen molar-refractivity contribution in [2.75, 3.05) is 26.8 Å². The highest BCUT2D eigenvalue weighted by Crippen LogP contribution is 2.37. The minimum atomic E-state index is -0.719. The van der Waals surface area contributed by atoms with Gasteiger partial charge in [0, 0.05) is 19.6 Å². The molecule has 128 valence electrons. The second kappa shape index (κ2) is 7.88. The first-order valence-electron chi connectivity index (χ1n) is 7.88. The van der Waals surface area contributed by atoms with Gasteiger partial charge >= 0.3 is 5.97 Å². The van der Waals surface area contributed by atoms with Crippen molar-refractivity contribution >= 4 is 17.6 Å². The first kappa shape index (κ1) is 17.9. The molecule has 1 aromatic rings. The van der Waals surface area contributed by atoms with Crippen LogP contribution in [0.5, 0.6) is 11.5 Å². The van der Waals surface area contributed by atoms with Gasteiger partial charge in [0.15, 0.2) is 11.5 Å². The molecule has 6 heteroatoms. The van der Waals surface area contributed by atoms with E-state index in [2.05, 4.69) is 11.8 Å². The van der Waals surface area contributed by atoms with Gasteiger partial charge in [0.25, 0.3) is 0 Å². The number of methoxy groups -OCH3 is 1. The smallest absolute Gasteiger partial charge is 0.307 e. The minimum absolute atomic E-state index is 0.307. The lowest BCUT2D eigenvalue weighted by Crippen LogP contribution is -2.41. The van der Waals surface area contributed by atoms with Gasteiger partial charge in [-0.15, -0.1) is 0 Å². The average molecular weight is 342 g/mol. The summed E-state index contributed by atoms with van der Waals surface area (Å²) in [5.41, 5.74) is 0.994. The number of ether oxygens (including phenoxy) is 2. The van der Waals surface area contributed by atoms with Crippen LogP contribution >= 0.6 is 11.6 Å². The summed E-state index contributed by atoms with van der Waals surface area (Å²) in [7, 11) is 1.58. The van der Waals surface area contributed by atoms with E-state index in [1.54, 1.807) is 7.11 Å². The molecule has 1 heterocycles. The van der Waals surface area contributed by atoms with Crippen LogP contribution in [0.4, 0.5) is 0 Å². The van der Waals surface area contributed by atoms with E-state index in [9.17, 15) is 9.90 Å². The molecule has 0 aliphatic carbocycles. The van der Waals surface area contributed by atoms with Crippen molar-refractivity contribution in [3.8, 4) is 11.5 Å². The summed E-state index contributed by atoms with van der Waals surface area (Å²) in [6.45, 7) is 6.60. The van der Waals surface area contributed by atoms with E-state index in [1.165, 1.54) is 0 Å². The van der Waals surface area contributed by atoms with Crippen molar-refractivity contribution in [1.82, 2.24) is 4.90 Å². The maximum absolute atomic E-state index is 11.3. The summed E-state index contributed by atoms with van der Waals surface area (Å²) in [4.78, 5) is 13.4. The highest BCUT2D eigenvalue weighted by atomic mass is 35.5. The average Bonchev–Trinajstić information content (AvgIpc) is 2.49. The molecule has 0 bridgehead atoms. The Labute approximate surface area is 142 Å². The van der Waals surface area contributed by atoms with Crippen molar-refractivity contribution in [2.24, 2.45) is 11.8 Å². The van der Waals surface area contributed by atoms with E-state index in [0.717, 1.165) is 18.5 Å². The van der Waals surface area contributed by atoms with E-state index < -0.39 is 5.97 Å². The molecule has 2 unspecified atom stereocenters. The second-order valence-electron chi connectivity index (χ2n) is 6.11. The number of carboxylic acid groups (broad SMARTS) is 1. The zero-order valence-electron chi connectivity index (χ0n) is 13.8. The third kappa shape index (κ3) is 4.52. The maximum Gasteiger partial charge on any atom is 0.307 e. The van der Waals surface area contributed by atoms with E-state index >= 15 is 0 Å². The third-order valence-corrected chi connectivity index (χ3v) is 4.35. The van der Waals surface area contributed by atoms with Crippen LogP contribution in [0.25, 0.3) is 0 Å². The van der Waals surface area contributed by atoms with Crippen LogP contribution in [0.3, 0.4) is 0 Å². The molecule has 0 radical (unpaired) electrons. The van der Waals surface area contributed by atoms with Gasteiger partial charge in [0.05, 0.1) is 24.7 Å². The molecule has 1 aromatic carbocycles. The number of rotatable bonds is 6. The number of hydrogen-bond acceptors (Lipinski definition) is 4. The molecular formula is C17H24ClNO4. The van der Waals surface area contributed by atoms with Gasteiger partial charge in [-0.1, -0.05) is 18.5 Å². The molecule has 0 aromatic heterocycles. The van der Waals surface area contributed by atoms with Crippen LogP contribution in [0.1, 0.15) is 25.8 Å². The molecule has 2 atom stereocenters. The number of likely N-dealkylation sites (tertiary alicyclic amines) is 1. The summed E-state index contributed by atoms with van der Waals surface area (Å²) in [5, 5.41) is 9.79. The van der Waals surface area contributed by atoms with Crippen molar-refractivity contribution in [2.45, 2.75) is 26.8 Å². The quantitative estimate of drug-likeness (QED) is 0.860. The Morgan fingerprint density at radius 2 is 2.17 bits per heavy atom. The highest BCUT2D eigenvalue weighted by molar-refractivity contribution is 6.32. The minimum Gasteiger partial charge on any atom is -0.493 e. The van der Waals surface area contributed by atoms with Crippen LogP contribution in [0, 0.1) is 11.8 Å². The molecule has 1 N–H and O–H groups in total. The first-order valence-corrected chi connectivity index (χ1v) is 8.26. The fourth-order valence-electron chi connectivity index (χ4n) is 3.18. The molecule has 1 aliphatic rings. The lowest BCUT2D eigenvalue weighted by Gasteiger charge is -2.34. The lowest BCUT2D eigenvalue weighted by atomic mass is 9.90. The number of piperidine rings is 1. The zero-order valence-corrected chi connectivity index (χ0v) is 14.6. The summed E-state index contributed by atoms with van der Waals surface area (Å²) >= 11 is 6.30. The lowest BCUT2D eigenvalue weighted by molar-refractivity contribution is -0.144. The predicted molar refractivity (Wildman–Crippen MR) is 89.4 cm³/mol. The van der Waals surface area contributed by atoms with E-state index in [1.807, 2.05) is 19.1 Å². The number of hydrogen-bond donors (Lipinski definition) is 1. The Morgan fingerprint density at radius 3 is 2.78 bits per heavy atom. The Bertz CT molecular complexity index is 564. The van der Waals surface area contributed by atoms with Crippen LogP contribution in [-0.4, -0.2) is 42.8 Å². The Morgan fingerprint density at radius 1 is 1.43 bits per heavy atom. The summed E-state index contributed by atoms with van der Waals surface area (Å²) < 4.78 is 10.9. The molecular weight excluding hydrogens is 318 g/mol. The largest absolute Gasteiger partial charge is 0.493 e. The molecule has 2 rings (SSSR count). The van der Waals surface area contributed by atoms with Gasteiger partial charge in [-0.05, 0) is 37.0 Å². The molecule has 23 heavy (non-hydrogen) atoms. The summed E-state index contributed by atoms with van der Waals surface area (Å²) in [5.74, 6) is 0.498. The second-order valence-corrected chi connectivity index (χ2v) is 6.52. The van der Waals surface area contributed by atoms with Crippen molar-refractivity contribution in [3.63, 3.8) is 0 Å². The van der Waals surface area contributed by atoms with Gasteiger partial charge in [0.2, 0.25) is 0 Å². The van der Waals surface area contributed by atoms with E-state index in [-0.39, 0.29) is 5.92 Å². The topological polar surface area (TPSA) is 59.0 Å². The Balaban J connectivity index is 2.16. The Hall–Kier alpha value is -1.46. The Kier molecular flexibility index (Phi) is 6.13. The maximum atomic E-state index is 11.3. The summed E-state index contributed by atoms with van der Waals surface area (Å²) in [6.07, 6.45) is 0.735. The van der Waals surface area contributed by atoms with Gasteiger partial charge in [0.1, 0.15) is 0 Å². The van der Waals surface area contributed by atoms with Crippen LogP contribution in [-0.2, 0) is 11.3 Å². The number of nitrogens with zero attached hydrogens (tertiary/aromatic N) is 1. The number of carboxylic acids is 1. The summed E-state index contributed by atoms with van der Waals surface area (Å²) in [6, 6.07) is 3.77. The monoisotopic (exact) mass is 341 g/mol. The fraction of sp³-hybridized carbons (Fsp3) is 0.588. The normalized spacial score (nSPS) is 21.9. The highest BCUT2D eigenvalue weighted by Gasteiger charge is 2.29. The zero-order chi connectivity index (χ0) is 17.0. The SMILES string of the molecule is CCOc1c(Cl)cc(CN2CC(C)CC(C(=O)O)C2)cc1OC. The first-order chi connectivity index (χ1) is 10.9. The van der Waals surface area contributed by atoms with Crippen LogP contribution < -0.4 is 9.47 Å². The fourth-order valence-corrected chi connectivity index (χ4v) is 3.46. The molecule has 1 saturated heterocycles. The number of carbonyl (C=O) groups is 1. The van der Waals surface area contributed by atoms with Gasteiger partial charge < -0.3 is 14.6 Å². The molecule has 0 spiro atoms. The van der Waals surface area contributed by atoms with Gasteiger partial charge in [-0.3, -0.25) is 9.69 Å². The number of halogens is 1. The molecule has 0 amide bonds.